The molecule has 0 aromatic heterocycles. The molecule has 3 unspecified atom stereocenters. The molecule has 0 radical (unpaired) electrons. The van der Waals surface area contributed by atoms with Gasteiger partial charge in [-0.15, -0.1) is 4.40 Å². The van der Waals surface area contributed by atoms with E-state index in [2.05, 4.69) is 41.7 Å². The predicted octanol–water partition coefficient (Wildman–Crippen LogP) is 9.34. The molecular formula is C36H55FN2O4S. The quantitative estimate of drug-likeness (QED) is 0.0813. The van der Waals surface area contributed by atoms with Crippen LogP contribution in [0.2, 0.25) is 0 Å². The minimum absolute atomic E-state index is 0.0147. The Balaban J connectivity index is 1.33. The van der Waals surface area contributed by atoms with Crippen molar-refractivity contribution >= 4 is 15.9 Å². The number of ether oxygens (including phenoxy) is 1. The number of rotatable bonds is 21. The van der Waals surface area contributed by atoms with Crippen LogP contribution in [0, 0.1) is 5.92 Å². The summed E-state index contributed by atoms with van der Waals surface area (Å²) in [5.41, 5.74) is 6.25. The number of nitrogens with zero attached hydrogens (tertiary/aromatic N) is 1. The van der Waals surface area contributed by atoms with Gasteiger partial charge in [0.2, 0.25) is 5.50 Å². The molecule has 3 atom stereocenters. The average molecular weight is 631 g/mol. The van der Waals surface area contributed by atoms with Crippen molar-refractivity contribution in [2.75, 3.05) is 6.61 Å². The number of unbranched alkanes of at least 4 members (excludes halogenated alkanes) is 9. The Morgan fingerprint density at radius 1 is 0.932 bits per heavy atom. The van der Waals surface area contributed by atoms with Gasteiger partial charge in [0, 0.05) is 17.4 Å². The monoisotopic (exact) mass is 630 g/mol. The van der Waals surface area contributed by atoms with Crippen molar-refractivity contribution in [2.24, 2.45) is 16.0 Å². The zero-order valence-electron chi connectivity index (χ0n) is 27.0. The van der Waals surface area contributed by atoms with E-state index >= 15 is 0 Å². The second kappa shape index (κ2) is 18.4. The number of sulfonamides is 1. The van der Waals surface area contributed by atoms with Gasteiger partial charge in [0.1, 0.15) is 17.3 Å². The molecule has 0 fully saturated rings. The summed E-state index contributed by atoms with van der Waals surface area (Å²) in [5, 5.41) is 9.86. The van der Waals surface area contributed by atoms with Crippen LogP contribution in [0.15, 0.2) is 52.9 Å². The average Bonchev–Trinajstić information content (AvgIpc) is 3.01. The summed E-state index contributed by atoms with van der Waals surface area (Å²) < 4.78 is 48.6. The van der Waals surface area contributed by atoms with Gasteiger partial charge in [-0.1, -0.05) is 115 Å². The number of phenolic OH excluding ortho intramolecular Hbond substituents is 1. The van der Waals surface area contributed by atoms with E-state index in [1.807, 2.05) is 13.0 Å². The Morgan fingerprint density at radius 3 is 2.30 bits per heavy atom. The third-order valence-corrected chi connectivity index (χ3v) is 10.5. The molecule has 1 aliphatic rings. The summed E-state index contributed by atoms with van der Waals surface area (Å²) in [4.78, 5) is 0. The minimum atomic E-state index is -4.21. The maximum Gasteiger partial charge on any atom is 0.287 e. The van der Waals surface area contributed by atoms with Gasteiger partial charge in [-0.3, -0.25) is 0 Å². The van der Waals surface area contributed by atoms with E-state index in [0.29, 0.717) is 25.4 Å². The lowest BCUT2D eigenvalue weighted by molar-refractivity contribution is 0.225. The van der Waals surface area contributed by atoms with Crippen LogP contribution < -0.4 is 10.5 Å². The molecule has 2 aromatic carbocycles. The molecule has 3 N–H and O–H groups in total. The highest BCUT2D eigenvalue weighted by Gasteiger charge is 2.38. The van der Waals surface area contributed by atoms with E-state index in [9.17, 15) is 17.9 Å². The molecule has 3 rings (SSSR count). The zero-order valence-corrected chi connectivity index (χ0v) is 27.8. The Kier molecular flexibility index (Phi) is 15.0. The largest absolute Gasteiger partial charge is 0.508 e. The Morgan fingerprint density at radius 2 is 1.59 bits per heavy atom. The van der Waals surface area contributed by atoms with Crippen LogP contribution in [-0.2, 0) is 15.4 Å². The van der Waals surface area contributed by atoms with Crippen molar-refractivity contribution in [1.29, 1.82) is 0 Å². The van der Waals surface area contributed by atoms with Gasteiger partial charge < -0.3 is 15.6 Å². The van der Waals surface area contributed by atoms with E-state index in [4.69, 9.17) is 10.5 Å². The number of alkyl halides is 1. The molecule has 1 aliphatic heterocycles. The number of aromatic hydroxyl groups is 1. The Hall–Kier alpha value is -2.61. The molecule has 6 nitrogen and oxygen atoms in total. The van der Waals surface area contributed by atoms with Gasteiger partial charge in [0.15, 0.2) is 0 Å². The lowest BCUT2D eigenvalue weighted by Crippen LogP contribution is -2.34. The van der Waals surface area contributed by atoms with Crippen molar-refractivity contribution in [3.05, 3.63) is 59.7 Å². The molecule has 0 saturated carbocycles. The van der Waals surface area contributed by atoms with Crippen molar-refractivity contribution < 1.29 is 22.7 Å². The van der Waals surface area contributed by atoms with Crippen LogP contribution >= 0.6 is 0 Å². The van der Waals surface area contributed by atoms with E-state index in [0.717, 1.165) is 89.2 Å². The Labute approximate surface area is 265 Å². The molecule has 0 amide bonds. The lowest BCUT2D eigenvalue weighted by atomic mass is 9.67. The molecule has 0 spiro atoms. The first kappa shape index (κ1) is 35.9. The number of phenols is 1. The number of hydrogen-bond acceptors (Lipinski definition) is 4. The van der Waals surface area contributed by atoms with Crippen LogP contribution in [0.4, 0.5) is 4.39 Å². The number of para-hydroxylation sites is 1. The summed E-state index contributed by atoms with van der Waals surface area (Å²) >= 11 is 0. The topological polar surface area (TPSA) is 102 Å². The van der Waals surface area contributed by atoms with Crippen LogP contribution in [0.1, 0.15) is 134 Å². The SMILES string of the molecule is CCCCCC(C)CCC(F)S(=O)(=O)/N=C(\N)CCCCCCCCCCC1(c2ccc(O)cc2)CCOc2ccccc21. The molecule has 44 heavy (non-hydrogen) atoms. The predicted molar refractivity (Wildman–Crippen MR) is 180 cm³/mol. The number of fused-ring (bicyclic) bond motifs is 1. The number of amidine groups is 1. The van der Waals surface area contributed by atoms with Crippen molar-refractivity contribution in [2.45, 2.75) is 134 Å². The van der Waals surface area contributed by atoms with Crippen molar-refractivity contribution in [3.63, 3.8) is 0 Å². The van der Waals surface area contributed by atoms with E-state index < -0.39 is 15.5 Å². The second-order valence-corrected chi connectivity index (χ2v) is 14.5. The summed E-state index contributed by atoms with van der Waals surface area (Å²) in [6.07, 6.45) is 15.7. The van der Waals surface area contributed by atoms with Crippen LogP contribution in [-0.4, -0.2) is 31.5 Å². The molecule has 0 aliphatic carbocycles. The molecule has 246 valence electrons. The molecule has 1 heterocycles. The molecule has 0 saturated heterocycles. The summed E-state index contributed by atoms with van der Waals surface area (Å²) in [6.45, 7) is 4.88. The van der Waals surface area contributed by atoms with Gasteiger partial charge in [0.05, 0.1) is 6.61 Å². The first-order valence-corrected chi connectivity index (χ1v) is 18.4. The number of nitrogens with two attached hydrogens (primary N) is 1. The number of benzene rings is 2. The van der Waals surface area contributed by atoms with E-state index in [1.54, 1.807) is 12.1 Å². The Bertz CT molecular complexity index is 1250. The van der Waals surface area contributed by atoms with Crippen molar-refractivity contribution in [3.8, 4) is 11.5 Å². The normalized spacial score (nSPS) is 18.4. The van der Waals surface area contributed by atoms with Crippen LogP contribution in [0.3, 0.4) is 0 Å². The smallest absolute Gasteiger partial charge is 0.287 e. The van der Waals surface area contributed by atoms with Crippen molar-refractivity contribution in [1.82, 2.24) is 0 Å². The maximum atomic E-state index is 14.4. The third kappa shape index (κ3) is 11.1. The fraction of sp³-hybridized carbons (Fsp3) is 0.639. The summed E-state index contributed by atoms with van der Waals surface area (Å²) in [6, 6.07) is 16.0. The second-order valence-electron chi connectivity index (χ2n) is 12.7. The molecular weight excluding hydrogens is 575 g/mol. The van der Waals surface area contributed by atoms with Gasteiger partial charge in [-0.05, 0) is 61.8 Å². The lowest BCUT2D eigenvalue weighted by Gasteiger charge is -2.40. The highest BCUT2D eigenvalue weighted by Crippen LogP contribution is 2.47. The maximum absolute atomic E-state index is 14.4. The summed E-state index contributed by atoms with van der Waals surface area (Å²) in [7, 11) is -4.21. The molecule has 8 heteroatoms. The van der Waals surface area contributed by atoms with Crippen LogP contribution in [0.5, 0.6) is 11.5 Å². The van der Waals surface area contributed by atoms with Gasteiger partial charge in [0.25, 0.3) is 10.0 Å². The standard InChI is InChI=1S/C36H55FN2O4S/c1-3-4-11-16-29(2)20-25-34(37)44(41,42)39-35(38)19-12-9-7-5-6-8-10-15-26-36(30-21-23-31(40)24-22-30)27-28-43-33-18-14-13-17-32(33)36/h13-14,17-18,21-24,29,34,40H,3-12,15-16,19-20,25-28H2,1-2H3,(H2,38,39). The minimum Gasteiger partial charge on any atom is -0.508 e. The number of hydrogen-bond donors (Lipinski definition) is 2. The van der Waals surface area contributed by atoms with Gasteiger partial charge in [-0.2, -0.15) is 0 Å². The first-order valence-electron chi connectivity index (χ1n) is 16.9. The molecule has 2 aromatic rings. The van der Waals surface area contributed by atoms with Gasteiger partial charge in [-0.25, -0.2) is 12.8 Å². The number of halogens is 1. The highest BCUT2D eigenvalue weighted by molar-refractivity contribution is 7.90. The van der Waals surface area contributed by atoms with Gasteiger partial charge >= 0.3 is 0 Å². The van der Waals surface area contributed by atoms with E-state index in [-0.39, 0.29) is 23.4 Å². The van der Waals surface area contributed by atoms with Crippen LogP contribution in [0.25, 0.3) is 0 Å². The summed E-state index contributed by atoms with van der Waals surface area (Å²) in [5.74, 6) is 1.57. The van der Waals surface area contributed by atoms with E-state index in [1.165, 1.54) is 17.5 Å². The first-order chi connectivity index (χ1) is 21.2. The fourth-order valence-electron chi connectivity index (χ4n) is 6.45. The highest BCUT2D eigenvalue weighted by atomic mass is 32.2. The fourth-order valence-corrected chi connectivity index (χ4v) is 7.42. The zero-order chi connectivity index (χ0) is 31.8. The third-order valence-electron chi connectivity index (χ3n) is 9.15. The molecule has 0 bridgehead atoms.